The summed E-state index contributed by atoms with van der Waals surface area (Å²) < 4.78 is 14.1. The number of hydrogen-bond acceptors (Lipinski definition) is 3. The summed E-state index contributed by atoms with van der Waals surface area (Å²) in [6.45, 7) is 8.08. The Morgan fingerprint density at radius 1 is 1.33 bits per heavy atom. The molecular weight excluding hydrogens is 247 g/mol. The maximum atomic E-state index is 14.1. The molecule has 0 spiro atoms. The lowest BCUT2D eigenvalue weighted by molar-refractivity contribution is 0.607. The van der Waals surface area contributed by atoms with E-state index in [-0.39, 0.29) is 11.9 Å². The Balaban J connectivity index is 2.22. The Hall–Kier alpha value is -0.740. The first-order valence-electron chi connectivity index (χ1n) is 6.43. The molecule has 2 unspecified atom stereocenters. The summed E-state index contributed by atoms with van der Waals surface area (Å²) in [6.07, 6.45) is 0. The van der Waals surface area contributed by atoms with Crippen molar-refractivity contribution in [2.75, 3.05) is 18.0 Å². The van der Waals surface area contributed by atoms with E-state index >= 15 is 0 Å². The Bertz CT molecular complexity index is 412. The molecule has 1 aromatic carbocycles. The minimum atomic E-state index is -0.156. The molecule has 2 N–H and O–H groups in total. The van der Waals surface area contributed by atoms with Gasteiger partial charge in [0, 0.05) is 29.6 Å². The number of nitrogens with zero attached hydrogens (tertiary/aromatic N) is 1. The number of rotatable bonds is 2. The van der Waals surface area contributed by atoms with Gasteiger partial charge in [-0.25, -0.2) is 4.39 Å². The van der Waals surface area contributed by atoms with Crippen LogP contribution in [-0.2, 0) is 0 Å². The van der Waals surface area contributed by atoms with Crippen molar-refractivity contribution < 1.29 is 4.39 Å². The van der Waals surface area contributed by atoms with E-state index in [9.17, 15) is 4.39 Å². The fourth-order valence-electron chi connectivity index (χ4n) is 2.44. The van der Waals surface area contributed by atoms with E-state index in [2.05, 4.69) is 18.7 Å². The van der Waals surface area contributed by atoms with E-state index in [0.29, 0.717) is 16.2 Å². The highest BCUT2D eigenvalue weighted by molar-refractivity contribution is 8.00. The van der Waals surface area contributed by atoms with E-state index in [0.717, 1.165) is 18.7 Å². The molecule has 1 fully saturated rings. The summed E-state index contributed by atoms with van der Waals surface area (Å²) in [4.78, 5) is 2.14. The quantitative estimate of drug-likeness (QED) is 0.893. The van der Waals surface area contributed by atoms with Crippen LogP contribution in [0.2, 0.25) is 0 Å². The molecule has 100 valence electrons. The van der Waals surface area contributed by atoms with Crippen molar-refractivity contribution in [2.24, 2.45) is 5.73 Å². The second-order valence-corrected chi connectivity index (χ2v) is 7.04. The van der Waals surface area contributed by atoms with Gasteiger partial charge >= 0.3 is 0 Å². The highest BCUT2D eigenvalue weighted by Gasteiger charge is 2.24. The predicted molar refractivity (Wildman–Crippen MR) is 77.7 cm³/mol. The van der Waals surface area contributed by atoms with Crippen LogP contribution in [0.1, 0.15) is 32.4 Å². The third-order valence-corrected chi connectivity index (χ3v) is 4.49. The lowest BCUT2D eigenvalue weighted by Crippen LogP contribution is -2.40. The van der Waals surface area contributed by atoms with Crippen LogP contribution in [0.3, 0.4) is 0 Å². The molecule has 1 aliphatic rings. The van der Waals surface area contributed by atoms with E-state index < -0.39 is 0 Å². The van der Waals surface area contributed by atoms with Gasteiger partial charge in [0.25, 0.3) is 0 Å². The highest BCUT2D eigenvalue weighted by atomic mass is 32.2. The van der Waals surface area contributed by atoms with Gasteiger partial charge in [-0.1, -0.05) is 19.9 Å². The first-order chi connectivity index (χ1) is 8.47. The third kappa shape index (κ3) is 2.98. The maximum absolute atomic E-state index is 14.1. The molecule has 18 heavy (non-hydrogen) atoms. The Labute approximate surface area is 113 Å². The largest absolute Gasteiger partial charge is 0.367 e. The van der Waals surface area contributed by atoms with E-state index in [1.807, 2.05) is 30.8 Å². The van der Waals surface area contributed by atoms with Crippen LogP contribution in [0.4, 0.5) is 10.1 Å². The van der Waals surface area contributed by atoms with E-state index in [4.69, 9.17) is 5.73 Å². The second-order valence-electron chi connectivity index (χ2n) is 5.16. The van der Waals surface area contributed by atoms with Gasteiger partial charge in [-0.2, -0.15) is 11.8 Å². The van der Waals surface area contributed by atoms with Crippen LogP contribution in [0.5, 0.6) is 0 Å². The zero-order valence-corrected chi connectivity index (χ0v) is 12.0. The molecule has 3 atom stereocenters. The molecule has 2 rings (SSSR count). The van der Waals surface area contributed by atoms with Crippen molar-refractivity contribution in [3.63, 3.8) is 0 Å². The predicted octanol–water partition coefficient (Wildman–Crippen LogP) is 3.18. The highest BCUT2D eigenvalue weighted by Crippen LogP contribution is 2.30. The zero-order valence-electron chi connectivity index (χ0n) is 11.2. The standard InChI is InChI=1S/C14H21FN2S/c1-9-7-17(8-10(2)18-9)14-5-4-12(11(3)16)6-13(14)15/h4-6,9-11H,7-8,16H2,1-3H3/t9?,10?,11-/m1/s1. The van der Waals surface area contributed by atoms with Crippen molar-refractivity contribution in [1.29, 1.82) is 0 Å². The first kappa shape index (κ1) is 13.7. The molecule has 0 bridgehead atoms. The number of halogens is 1. The monoisotopic (exact) mass is 268 g/mol. The topological polar surface area (TPSA) is 29.3 Å². The second kappa shape index (κ2) is 5.49. The van der Waals surface area contributed by atoms with Gasteiger partial charge in [-0.15, -0.1) is 0 Å². The SMILES string of the molecule is CC1CN(c2ccc([C@@H](C)N)cc2F)CC(C)S1. The average molecular weight is 268 g/mol. The molecule has 1 aliphatic heterocycles. The van der Waals surface area contributed by atoms with Crippen LogP contribution in [0.25, 0.3) is 0 Å². The molecule has 1 heterocycles. The minimum Gasteiger partial charge on any atom is -0.367 e. The molecule has 0 aliphatic carbocycles. The summed E-state index contributed by atoms with van der Waals surface area (Å²) in [5, 5.41) is 1.09. The number of nitrogens with two attached hydrogens (primary N) is 1. The van der Waals surface area contributed by atoms with Gasteiger partial charge in [-0.3, -0.25) is 0 Å². The van der Waals surface area contributed by atoms with Crippen LogP contribution in [0.15, 0.2) is 18.2 Å². The molecule has 0 saturated carbocycles. The smallest absolute Gasteiger partial charge is 0.146 e. The molecule has 1 saturated heterocycles. The minimum absolute atomic E-state index is 0.122. The van der Waals surface area contributed by atoms with Crippen molar-refractivity contribution >= 4 is 17.4 Å². The summed E-state index contributed by atoms with van der Waals surface area (Å²) in [5.74, 6) is -0.156. The third-order valence-electron chi connectivity index (χ3n) is 3.26. The zero-order chi connectivity index (χ0) is 13.3. The number of hydrogen-bond donors (Lipinski definition) is 1. The van der Waals surface area contributed by atoms with Crippen LogP contribution >= 0.6 is 11.8 Å². The molecule has 0 aromatic heterocycles. The molecule has 4 heteroatoms. The van der Waals surface area contributed by atoms with Gasteiger partial charge in [0.2, 0.25) is 0 Å². The van der Waals surface area contributed by atoms with Crippen molar-refractivity contribution in [1.82, 2.24) is 0 Å². The molecule has 0 amide bonds. The molecule has 0 radical (unpaired) electrons. The average Bonchev–Trinajstić information content (AvgIpc) is 2.27. The van der Waals surface area contributed by atoms with Gasteiger partial charge in [0.15, 0.2) is 0 Å². The number of benzene rings is 1. The van der Waals surface area contributed by atoms with Gasteiger partial charge in [-0.05, 0) is 24.6 Å². The summed E-state index contributed by atoms with van der Waals surface area (Å²) >= 11 is 1.97. The maximum Gasteiger partial charge on any atom is 0.146 e. The fraction of sp³-hybridized carbons (Fsp3) is 0.571. The molecule has 2 nitrogen and oxygen atoms in total. The Kier molecular flexibility index (Phi) is 4.17. The summed E-state index contributed by atoms with van der Waals surface area (Å²) in [5.41, 5.74) is 7.33. The van der Waals surface area contributed by atoms with Gasteiger partial charge < -0.3 is 10.6 Å². The Morgan fingerprint density at radius 2 is 1.94 bits per heavy atom. The first-order valence-corrected chi connectivity index (χ1v) is 7.37. The summed E-state index contributed by atoms with van der Waals surface area (Å²) in [7, 11) is 0. The molecule has 1 aromatic rings. The van der Waals surface area contributed by atoms with Gasteiger partial charge in [0.05, 0.1) is 5.69 Å². The normalized spacial score (nSPS) is 26.2. The van der Waals surface area contributed by atoms with Crippen LogP contribution < -0.4 is 10.6 Å². The lowest BCUT2D eigenvalue weighted by Gasteiger charge is -2.36. The Morgan fingerprint density at radius 3 is 2.44 bits per heavy atom. The molecular formula is C14H21FN2S. The van der Waals surface area contributed by atoms with E-state index in [1.165, 1.54) is 0 Å². The van der Waals surface area contributed by atoms with Crippen LogP contribution in [-0.4, -0.2) is 23.6 Å². The number of anilines is 1. The summed E-state index contributed by atoms with van der Waals surface area (Å²) in [6, 6.07) is 5.24. The van der Waals surface area contributed by atoms with E-state index in [1.54, 1.807) is 6.07 Å². The number of thioether (sulfide) groups is 1. The fourth-order valence-corrected chi connectivity index (χ4v) is 3.76. The lowest BCUT2D eigenvalue weighted by atomic mass is 10.1. The van der Waals surface area contributed by atoms with Crippen molar-refractivity contribution in [3.05, 3.63) is 29.6 Å². The van der Waals surface area contributed by atoms with Crippen molar-refractivity contribution in [3.8, 4) is 0 Å². The van der Waals surface area contributed by atoms with Crippen molar-refractivity contribution in [2.45, 2.75) is 37.3 Å². The van der Waals surface area contributed by atoms with Crippen LogP contribution in [0, 0.1) is 5.82 Å². The van der Waals surface area contributed by atoms with Gasteiger partial charge in [0.1, 0.15) is 5.82 Å².